The number of rotatable bonds is 8. The van der Waals surface area contributed by atoms with Crippen molar-refractivity contribution in [2.24, 2.45) is 4.99 Å². The second-order valence-corrected chi connectivity index (χ2v) is 6.37. The number of nitrogens with one attached hydrogen (secondary N) is 2. The minimum absolute atomic E-state index is 0. The number of benzene rings is 2. The summed E-state index contributed by atoms with van der Waals surface area (Å²) in [6.45, 7) is 1.57. The van der Waals surface area contributed by atoms with E-state index in [1.165, 1.54) is 11.1 Å². The first-order valence-electron chi connectivity index (χ1n) is 9.45. The molecular formula is C22H28IN5O. The molecule has 1 heterocycles. The van der Waals surface area contributed by atoms with Crippen LogP contribution in [-0.2, 0) is 12.8 Å². The van der Waals surface area contributed by atoms with Crippen molar-refractivity contribution in [1.82, 2.24) is 20.4 Å². The molecule has 6 nitrogen and oxygen atoms in total. The molecule has 0 saturated heterocycles. The van der Waals surface area contributed by atoms with Gasteiger partial charge in [-0.05, 0) is 42.2 Å². The highest BCUT2D eigenvalue weighted by Crippen LogP contribution is 2.17. The van der Waals surface area contributed by atoms with Crippen molar-refractivity contribution in [2.75, 3.05) is 27.2 Å². The molecule has 0 bridgehead atoms. The van der Waals surface area contributed by atoms with Crippen molar-refractivity contribution in [3.05, 3.63) is 78.1 Å². The lowest BCUT2D eigenvalue weighted by molar-refractivity contribution is 0.409. The van der Waals surface area contributed by atoms with Crippen molar-refractivity contribution < 1.29 is 4.74 Å². The summed E-state index contributed by atoms with van der Waals surface area (Å²) in [5.74, 6) is 1.72. The van der Waals surface area contributed by atoms with Crippen LogP contribution >= 0.6 is 24.0 Å². The fourth-order valence-electron chi connectivity index (χ4n) is 2.98. The monoisotopic (exact) mass is 505 g/mol. The number of aromatic nitrogens is 2. The van der Waals surface area contributed by atoms with E-state index in [4.69, 9.17) is 4.74 Å². The predicted octanol–water partition coefficient (Wildman–Crippen LogP) is 3.45. The summed E-state index contributed by atoms with van der Waals surface area (Å²) in [4.78, 5) is 4.29. The van der Waals surface area contributed by atoms with Gasteiger partial charge in [0.2, 0.25) is 0 Å². The maximum absolute atomic E-state index is 5.40. The lowest BCUT2D eigenvalue weighted by Crippen LogP contribution is -2.39. The Kier molecular flexibility index (Phi) is 9.49. The van der Waals surface area contributed by atoms with Crippen molar-refractivity contribution in [1.29, 1.82) is 0 Å². The molecule has 0 fully saturated rings. The average Bonchev–Trinajstić information content (AvgIpc) is 3.22. The molecule has 0 amide bonds. The van der Waals surface area contributed by atoms with Crippen molar-refractivity contribution in [3.8, 4) is 11.4 Å². The third-order valence-electron chi connectivity index (χ3n) is 4.47. The molecule has 0 aliphatic rings. The van der Waals surface area contributed by atoms with Crippen LogP contribution in [0.3, 0.4) is 0 Å². The Morgan fingerprint density at radius 3 is 2.41 bits per heavy atom. The van der Waals surface area contributed by atoms with E-state index in [9.17, 15) is 0 Å². The third-order valence-corrected chi connectivity index (χ3v) is 4.47. The summed E-state index contributed by atoms with van der Waals surface area (Å²) >= 11 is 0. The fourth-order valence-corrected chi connectivity index (χ4v) is 2.98. The molecule has 0 saturated carbocycles. The quantitative estimate of drug-likeness (QED) is 0.280. The largest absolute Gasteiger partial charge is 0.496 e. The zero-order valence-corrected chi connectivity index (χ0v) is 19.2. The van der Waals surface area contributed by atoms with Crippen LogP contribution in [0.5, 0.6) is 5.75 Å². The zero-order valence-electron chi connectivity index (χ0n) is 16.8. The first-order chi connectivity index (χ1) is 13.8. The summed E-state index contributed by atoms with van der Waals surface area (Å²) in [7, 11) is 3.48. The van der Waals surface area contributed by atoms with Gasteiger partial charge in [0, 0.05) is 26.3 Å². The number of hydrogen-bond acceptors (Lipinski definition) is 3. The predicted molar refractivity (Wildman–Crippen MR) is 129 cm³/mol. The number of methoxy groups -OCH3 is 1. The molecule has 2 aromatic carbocycles. The van der Waals surface area contributed by atoms with Gasteiger partial charge in [0.15, 0.2) is 5.96 Å². The van der Waals surface area contributed by atoms with Gasteiger partial charge in [-0.3, -0.25) is 4.99 Å². The molecule has 0 aliphatic heterocycles. The fraction of sp³-hybridized carbons (Fsp3) is 0.273. The number of aliphatic imine (C=N–C) groups is 1. The van der Waals surface area contributed by atoms with Crippen molar-refractivity contribution in [2.45, 2.75) is 12.8 Å². The summed E-state index contributed by atoms with van der Waals surface area (Å²) in [6, 6.07) is 18.2. The van der Waals surface area contributed by atoms with Gasteiger partial charge >= 0.3 is 0 Å². The molecule has 0 unspecified atom stereocenters. The van der Waals surface area contributed by atoms with Gasteiger partial charge in [0.05, 0.1) is 19.0 Å². The van der Waals surface area contributed by atoms with E-state index in [2.05, 4.69) is 33.0 Å². The summed E-state index contributed by atoms with van der Waals surface area (Å²) < 4.78 is 7.29. The molecule has 0 radical (unpaired) electrons. The van der Waals surface area contributed by atoms with Gasteiger partial charge in [-0.2, -0.15) is 5.10 Å². The first kappa shape index (κ1) is 22.7. The topological polar surface area (TPSA) is 63.5 Å². The Bertz CT molecular complexity index is 895. The highest BCUT2D eigenvalue weighted by Gasteiger charge is 2.04. The molecular weight excluding hydrogens is 477 g/mol. The minimum Gasteiger partial charge on any atom is -0.496 e. The maximum atomic E-state index is 5.40. The van der Waals surface area contributed by atoms with Gasteiger partial charge in [0.1, 0.15) is 5.75 Å². The highest BCUT2D eigenvalue weighted by molar-refractivity contribution is 14.0. The van der Waals surface area contributed by atoms with Crippen LogP contribution in [0.25, 0.3) is 5.69 Å². The number of para-hydroxylation sites is 2. The summed E-state index contributed by atoms with van der Waals surface area (Å²) in [6.07, 6.45) is 5.72. The van der Waals surface area contributed by atoms with Gasteiger partial charge in [-0.1, -0.05) is 36.4 Å². The van der Waals surface area contributed by atoms with E-state index >= 15 is 0 Å². The van der Waals surface area contributed by atoms with Gasteiger partial charge in [-0.25, -0.2) is 4.68 Å². The number of ether oxygens (including phenoxy) is 1. The lowest BCUT2D eigenvalue weighted by atomic mass is 10.1. The van der Waals surface area contributed by atoms with Crippen LogP contribution in [0.2, 0.25) is 0 Å². The number of halogens is 1. The van der Waals surface area contributed by atoms with Crippen LogP contribution in [0.15, 0.2) is 72.0 Å². The molecule has 0 spiro atoms. The maximum Gasteiger partial charge on any atom is 0.190 e. The molecule has 0 aliphatic carbocycles. The van der Waals surface area contributed by atoms with Gasteiger partial charge < -0.3 is 15.4 Å². The Morgan fingerprint density at radius 2 is 1.69 bits per heavy atom. The Balaban J connectivity index is 0.00000300. The Morgan fingerprint density at radius 1 is 1.00 bits per heavy atom. The second-order valence-electron chi connectivity index (χ2n) is 6.37. The Labute approximate surface area is 189 Å². The smallest absolute Gasteiger partial charge is 0.190 e. The second kappa shape index (κ2) is 12.1. The van der Waals surface area contributed by atoms with E-state index in [0.717, 1.165) is 43.3 Å². The lowest BCUT2D eigenvalue weighted by Gasteiger charge is -2.12. The summed E-state index contributed by atoms with van der Waals surface area (Å²) in [5, 5.41) is 11.1. The molecule has 0 atom stereocenters. The van der Waals surface area contributed by atoms with Crippen LogP contribution < -0.4 is 15.4 Å². The van der Waals surface area contributed by atoms with Crippen molar-refractivity contribution >= 4 is 29.9 Å². The number of hydrogen-bond donors (Lipinski definition) is 2. The van der Waals surface area contributed by atoms with Crippen LogP contribution in [0.1, 0.15) is 11.1 Å². The molecule has 2 N–H and O–H groups in total. The standard InChI is InChI=1S/C22H27N5O.HI/c1-23-22(25-15-13-19-8-6-7-11-21(19)28-2)24-14-12-18-16-26-27(17-18)20-9-4-3-5-10-20;/h3-11,16-17H,12-15H2,1-2H3,(H2,23,24,25);1H. The van der Waals surface area contributed by atoms with E-state index in [1.807, 2.05) is 59.4 Å². The van der Waals surface area contributed by atoms with Crippen LogP contribution in [0.4, 0.5) is 0 Å². The van der Waals surface area contributed by atoms with Crippen molar-refractivity contribution in [3.63, 3.8) is 0 Å². The number of nitrogens with zero attached hydrogens (tertiary/aromatic N) is 3. The molecule has 29 heavy (non-hydrogen) atoms. The number of guanidine groups is 1. The molecule has 1 aromatic heterocycles. The molecule has 3 rings (SSSR count). The van der Waals surface area contributed by atoms with E-state index < -0.39 is 0 Å². The molecule has 3 aromatic rings. The summed E-state index contributed by atoms with van der Waals surface area (Å²) in [5.41, 5.74) is 3.43. The normalized spacial score (nSPS) is 10.9. The van der Waals surface area contributed by atoms with Crippen LogP contribution in [-0.4, -0.2) is 43.0 Å². The minimum atomic E-state index is 0. The van der Waals surface area contributed by atoms with Gasteiger partial charge in [-0.15, -0.1) is 24.0 Å². The van der Waals surface area contributed by atoms with E-state index in [1.54, 1.807) is 14.2 Å². The third kappa shape index (κ3) is 6.77. The average molecular weight is 505 g/mol. The Hall–Kier alpha value is -2.55. The molecule has 154 valence electrons. The first-order valence-corrected chi connectivity index (χ1v) is 9.45. The zero-order chi connectivity index (χ0) is 19.6. The van der Waals surface area contributed by atoms with E-state index in [-0.39, 0.29) is 24.0 Å². The van der Waals surface area contributed by atoms with Gasteiger partial charge in [0.25, 0.3) is 0 Å². The highest BCUT2D eigenvalue weighted by atomic mass is 127. The molecule has 7 heteroatoms. The SMILES string of the molecule is CN=C(NCCc1cnn(-c2ccccc2)c1)NCCc1ccccc1OC.I. The van der Waals surface area contributed by atoms with Crippen LogP contribution in [0, 0.1) is 0 Å². The van der Waals surface area contributed by atoms with E-state index in [0.29, 0.717) is 0 Å².